The van der Waals surface area contributed by atoms with Gasteiger partial charge in [-0.25, -0.2) is 0 Å². The van der Waals surface area contributed by atoms with Crippen molar-refractivity contribution in [1.82, 2.24) is 10.6 Å². The number of Topliss-reactive ketones (excluding diaryl/α,β-unsaturated/α-hetero) is 2. The predicted octanol–water partition coefficient (Wildman–Crippen LogP) is -1.13. The predicted molar refractivity (Wildman–Crippen MR) is 103 cm³/mol. The molecule has 0 saturated heterocycles. The molecule has 0 fully saturated rings. The Hall–Kier alpha value is -1.64. The summed E-state index contributed by atoms with van der Waals surface area (Å²) in [7, 11) is 0. The number of ketones is 2. The quantitative estimate of drug-likeness (QED) is 0.319. The van der Waals surface area contributed by atoms with Crippen molar-refractivity contribution in [3.8, 4) is 0 Å². The molecule has 2 amide bonds. The molecule has 0 saturated carbocycles. The van der Waals surface area contributed by atoms with Gasteiger partial charge in [0.15, 0.2) is 11.6 Å². The molecule has 2 aliphatic rings. The SMILES string of the molecule is CCC(C)C1NC(=O)C(C(C)=O)=C1O.CCC(C)C1NC(=O)C(C(C)=O)=C1O.[Na+]. The van der Waals surface area contributed by atoms with Gasteiger partial charge in [-0.15, -0.1) is 0 Å². The van der Waals surface area contributed by atoms with Crippen molar-refractivity contribution in [3.63, 3.8) is 0 Å². The van der Waals surface area contributed by atoms with E-state index in [1.165, 1.54) is 13.8 Å². The first-order valence-electron chi connectivity index (χ1n) is 9.47. The fourth-order valence-corrected chi connectivity index (χ4v) is 3.08. The van der Waals surface area contributed by atoms with E-state index in [4.69, 9.17) is 0 Å². The molecule has 0 aromatic rings. The van der Waals surface area contributed by atoms with Gasteiger partial charge in [0, 0.05) is 0 Å². The van der Waals surface area contributed by atoms with Gasteiger partial charge < -0.3 is 20.8 Å². The molecule has 8 nitrogen and oxygen atoms in total. The van der Waals surface area contributed by atoms with Gasteiger partial charge in [-0.2, -0.15) is 0 Å². The van der Waals surface area contributed by atoms with E-state index in [2.05, 4.69) is 10.6 Å². The Morgan fingerprint density at radius 3 is 1.28 bits per heavy atom. The molecule has 4 N–H and O–H groups in total. The molecule has 0 bridgehead atoms. The van der Waals surface area contributed by atoms with E-state index >= 15 is 0 Å². The molecule has 2 rings (SSSR count). The van der Waals surface area contributed by atoms with Crippen LogP contribution >= 0.6 is 0 Å². The average Bonchev–Trinajstić information content (AvgIpc) is 3.09. The van der Waals surface area contributed by atoms with Crippen LogP contribution < -0.4 is 40.2 Å². The van der Waals surface area contributed by atoms with E-state index in [0.29, 0.717) is 0 Å². The van der Waals surface area contributed by atoms with Crippen LogP contribution in [0.2, 0.25) is 0 Å². The summed E-state index contributed by atoms with van der Waals surface area (Å²) in [5.74, 6) is -1.61. The molecule has 0 aromatic heterocycles. The van der Waals surface area contributed by atoms with Crippen molar-refractivity contribution in [2.75, 3.05) is 0 Å². The molecular formula is C20H30N2NaO6+. The van der Waals surface area contributed by atoms with Crippen LogP contribution in [0.4, 0.5) is 0 Å². The van der Waals surface area contributed by atoms with Gasteiger partial charge in [-0.1, -0.05) is 40.5 Å². The summed E-state index contributed by atoms with van der Waals surface area (Å²) in [6.07, 6.45) is 1.67. The number of amides is 2. The molecule has 0 aliphatic carbocycles. The average molecular weight is 417 g/mol. The summed E-state index contributed by atoms with van der Waals surface area (Å²) >= 11 is 0. The molecule has 9 heteroatoms. The third kappa shape index (κ3) is 6.17. The van der Waals surface area contributed by atoms with Crippen LogP contribution in [0.1, 0.15) is 54.4 Å². The topological polar surface area (TPSA) is 133 Å². The largest absolute Gasteiger partial charge is 1.00 e. The minimum atomic E-state index is -0.458. The molecular weight excluding hydrogens is 387 g/mol. The van der Waals surface area contributed by atoms with Crippen molar-refractivity contribution < 1.29 is 58.9 Å². The molecule has 0 aromatic carbocycles. The number of nitrogens with one attached hydrogen (secondary N) is 2. The second-order valence-electron chi connectivity index (χ2n) is 7.31. The van der Waals surface area contributed by atoms with E-state index in [9.17, 15) is 29.4 Å². The van der Waals surface area contributed by atoms with Gasteiger partial charge in [0.1, 0.15) is 22.7 Å². The van der Waals surface area contributed by atoms with Crippen LogP contribution in [0.5, 0.6) is 0 Å². The molecule has 0 radical (unpaired) electrons. The van der Waals surface area contributed by atoms with E-state index < -0.39 is 23.9 Å². The summed E-state index contributed by atoms with van der Waals surface area (Å²) in [5.41, 5.74) is -0.175. The third-order valence-electron chi connectivity index (χ3n) is 5.26. The van der Waals surface area contributed by atoms with E-state index in [-0.39, 0.29) is 75.6 Å². The second-order valence-corrected chi connectivity index (χ2v) is 7.31. The normalized spacial score (nSPS) is 22.8. The van der Waals surface area contributed by atoms with Crippen LogP contribution in [0.15, 0.2) is 22.7 Å². The zero-order valence-electron chi connectivity index (χ0n) is 18.3. The Labute approximate surface area is 193 Å². The smallest absolute Gasteiger partial charge is 0.509 e. The Bertz CT molecular complexity index is 681. The number of rotatable bonds is 6. The third-order valence-corrected chi connectivity index (χ3v) is 5.26. The first-order chi connectivity index (χ1) is 13.0. The maximum atomic E-state index is 11.3. The molecule has 2 heterocycles. The summed E-state index contributed by atoms with van der Waals surface area (Å²) in [6.45, 7) is 10.3. The van der Waals surface area contributed by atoms with E-state index in [0.717, 1.165) is 12.8 Å². The molecule has 2 aliphatic heterocycles. The number of aliphatic hydroxyl groups is 2. The van der Waals surface area contributed by atoms with Gasteiger partial charge >= 0.3 is 29.6 Å². The van der Waals surface area contributed by atoms with Gasteiger partial charge in [-0.3, -0.25) is 19.2 Å². The molecule has 29 heavy (non-hydrogen) atoms. The van der Waals surface area contributed by atoms with Crippen LogP contribution in [-0.4, -0.2) is 45.7 Å². The minimum absolute atomic E-state index is 0. The molecule has 4 unspecified atom stereocenters. The second kappa shape index (κ2) is 11.5. The summed E-state index contributed by atoms with van der Waals surface area (Å²) in [5, 5.41) is 24.5. The van der Waals surface area contributed by atoms with Crippen LogP contribution in [-0.2, 0) is 19.2 Å². The summed E-state index contributed by atoms with van der Waals surface area (Å²) < 4.78 is 0. The Morgan fingerprint density at radius 1 is 0.828 bits per heavy atom. The number of hydrogen-bond donors (Lipinski definition) is 4. The van der Waals surface area contributed by atoms with E-state index in [1.54, 1.807) is 0 Å². The van der Waals surface area contributed by atoms with E-state index in [1.807, 2.05) is 27.7 Å². The van der Waals surface area contributed by atoms with Crippen molar-refractivity contribution in [2.24, 2.45) is 11.8 Å². The number of hydrogen-bond acceptors (Lipinski definition) is 6. The first kappa shape index (κ1) is 27.4. The Kier molecular flexibility index (Phi) is 10.9. The van der Waals surface area contributed by atoms with Crippen molar-refractivity contribution >= 4 is 23.4 Å². The van der Waals surface area contributed by atoms with Gasteiger partial charge in [0.2, 0.25) is 0 Å². The molecule has 156 valence electrons. The number of carbonyl (C=O) groups is 4. The fourth-order valence-electron chi connectivity index (χ4n) is 3.08. The summed E-state index contributed by atoms with van der Waals surface area (Å²) in [6, 6.07) is -0.794. The van der Waals surface area contributed by atoms with Gasteiger partial charge in [0.05, 0.1) is 12.1 Å². The van der Waals surface area contributed by atoms with Crippen molar-refractivity contribution in [2.45, 2.75) is 66.5 Å². The Balaban J connectivity index is 0.000000523. The van der Waals surface area contributed by atoms with Crippen LogP contribution in [0.25, 0.3) is 0 Å². The zero-order valence-corrected chi connectivity index (χ0v) is 20.3. The maximum absolute atomic E-state index is 11.3. The van der Waals surface area contributed by atoms with Crippen molar-refractivity contribution in [3.05, 3.63) is 22.7 Å². The molecule has 0 spiro atoms. The van der Waals surface area contributed by atoms with Gasteiger partial charge in [0.25, 0.3) is 11.8 Å². The molecule has 4 atom stereocenters. The monoisotopic (exact) mass is 417 g/mol. The first-order valence-corrected chi connectivity index (χ1v) is 9.47. The summed E-state index contributed by atoms with van der Waals surface area (Å²) in [4.78, 5) is 44.7. The minimum Gasteiger partial charge on any atom is -0.509 e. The maximum Gasteiger partial charge on any atom is 1.00 e. The van der Waals surface area contributed by atoms with Crippen molar-refractivity contribution in [1.29, 1.82) is 0 Å². The fraction of sp³-hybridized carbons (Fsp3) is 0.600. The number of aliphatic hydroxyl groups excluding tert-OH is 2. The standard InChI is InChI=1S/2C10H15NO3.Na/c2*1-4-5(2)8-9(13)7(6(3)12)10(14)11-8;/h2*5,8,13H,4H2,1-3H3,(H,11,14);/q;;+1. The van der Waals surface area contributed by atoms with Gasteiger partial charge in [-0.05, 0) is 25.7 Å². The zero-order chi connectivity index (χ0) is 21.8. The Morgan fingerprint density at radius 2 is 1.10 bits per heavy atom. The van der Waals surface area contributed by atoms with Crippen LogP contribution in [0, 0.1) is 11.8 Å². The number of carbonyl (C=O) groups excluding carboxylic acids is 4. The van der Waals surface area contributed by atoms with Crippen LogP contribution in [0.3, 0.4) is 0 Å².